The number of carboxylic acids is 1. The summed E-state index contributed by atoms with van der Waals surface area (Å²) >= 11 is 7.71. The first-order chi connectivity index (χ1) is 19.0. The third-order valence-electron chi connectivity index (χ3n) is 6.20. The van der Waals surface area contributed by atoms with Crippen molar-refractivity contribution in [1.82, 2.24) is 4.98 Å². The maximum Gasteiger partial charge on any atom is 0.355 e. The van der Waals surface area contributed by atoms with Gasteiger partial charge in [0, 0.05) is 45.8 Å². The molecule has 3 aromatic rings. The van der Waals surface area contributed by atoms with Gasteiger partial charge in [0.1, 0.15) is 12.7 Å². The molecule has 0 saturated carbocycles. The summed E-state index contributed by atoms with van der Waals surface area (Å²) in [7, 11) is 3.14. The first-order valence-electron chi connectivity index (χ1n) is 12.8. The lowest BCUT2D eigenvalue weighted by Gasteiger charge is -2.31. The number of benzene rings is 2. The number of methoxy groups -OCH3 is 2. The van der Waals surface area contributed by atoms with Crippen molar-refractivity contribution in [3.05, 3.63) is 68.6 Å². The Balaban J connectivity index is 0.000000336. The van der Waals surface area contributed by atoms with Crippen LogP contribution >= 0.6 is 22.9 Å². The smallest absolute Gasteiger partial charge is 0.355 e. The maximum absolute atomic E-state index is 12.9. The van der Waals surface area contributed by atoms with E-state index in [2.05, 4.69) is 4.98 Å². The number of aliphatic hydroxyl groups excluding tert-OH is 1. The third-order valence-corrected chi connectivity index (χ3v) is 7.35. The molecule has 1 aliphatic heterocycles. The number of nitrogens with zero attached hydrogens (tertiary/aromatic N) is 2. The molecular formula is C29H35ClN2O7S. The number of halogens is 1. The summed E-state index contributed by atoms with van der Waals surface area (Å²) in [5.74, 6) is -0.00315. The number of amides is 1. The molecule has 2 heterocycles. The molecule has 1 aromatic heterocycles. The molecule has 1 aliphatic rings. The fraction of sp³-hybridized carbons (Fsp3) is 0.414. The van der Waals surface area contributed by atoms with Crippen LogP contribution in [0.15, 0.2) is 41.8 Å². The van der Waals surface area contributed by atoms with Crippen molar-refractivity contribution < 1.29 is 34.0 Å². The summed E-state index contributed by atoms with van der Waals surface area (Å²) < 4.78 is 17.1. The molecule has 216 valence electrons. The van der Waals surface area contributed by atoms with Crippen LogP contribution in [-0.4, -0.2) is 61.1 Å². The average Bonchev–Trinajstić information content (AvgIpc) is 3.37. The number of aromatic nitrogens is 1. The molecule has 1 amide bonds. The number of aliphatic hydroxyl groups is 1. The first-order valence-corrected chi connectivity index (χ1v) is 14.0. The van der Waals surface area contributed by atoms with Gasteiger partial charge in [0.25, 0.3) is 5.91 Å². The Kier molecular flexibility index (Phi) is 10.9. The van der Waals surface area contributed by atoms with E-state index in [0.717, 1.165) is 29.0 Å². The predicted molar refractivity (Wildman–Crippen MR) is 155 cm³/mol. The van der Waals surface area contributed by atoms with Gasteiger partial charge in [-0.1, -0.05) is 44.5 Å². The number of carboxylic acid groups (broad SMARTS) is 1. The Labute approximate surface area is 243 Å². The molecule has 11 heteroatoms. The molecule has 0 radical (unpaired) electrons. The number of rotatable bonds is 9. The summed E-state index contributed by atoms with van der Waals surface area (Å²) in [6, 6.07) is 10.9. The molecule has 2 N–H and O–H groups in total. The maximum atomic E-state index is 12.9. The van der Waals surface area contributed by atoms with E-state index in [1.54, 1.807) is 42.7 Å². The molecule has 0 saturated heterocycles. The van der Waals surface area contributed by atoms with E-state index in [1.807, 2.05) is 39.0 Å². The van der Waals surface area contributed by atoms with Gasteiger partial charge in [0.05, 0.1) is 19.2 Å². The van der Waals surface area contributed by atoms with Crippen LogP contribution < -0.4 is 14.4 Å². The van der Waals surface area contributed by atoms with Gasteiger partial charge in [0.2, 0.25) is 0 Å². The van der Waals surface area contributed by atoms with Gasteiger partial charge in [-0.2, -0.15) is 0 Å². The number of hydrogen-bond acceptors (Lipinski definition) is 8. The predicted octanol–water partition coefficient (Wildman–Crippen LogP) is 5.62. The minimum Gasteiger partial charge on any atom is -0.493 e. The number of thiazole rings is 1. The van der Waals surface area contributed by atoms with E-state index >= 15 is 0 Å². The molecule has 40 heavy (non-hydrogen) atoms. The highest BCUT2D eigenvalue weighted by Gasteiger charge is 2.34. The quantitative estimate of drug-likeness (QED) is 0.329. The SMILES string of the molecule is CCCc1nc(C(=O)O)cs1.COc1cccc(C2OCC(=O)N(CC(C)(C)CO)c3ccc(Cl)cc32)c1OC. The number of ether oxygens (including phenoxy) is 3. The Morgan fingerprint density at radius 1 is 1.23 bits per heavy atom. The Hall–Kier alpha value is -3.18. The van der Waals surface area contributed by atoms with E-state index in [4.69, 9.17) is 30.9 Å². The Bertz CT molecular complexity index is 1330. The van der Waals surface area contributed by atoms with E-state index < -0.39 is 17.5 Å². The minimum absolute atomic E-state index is 0.0479. The molecule has 0 aliphatic carbocycles. The number of carbonyl (C=O) groups is 2. The van der Waals surface area contributed by atoms with Crippen LogP contribution in [0, 0.1) is 5.41 Å². The van der Waals surface area contributed by atoms with Crippen molar-refractivity contribution in [2.45, 2.75) is 39.7 Å². The van der Waals surface area contributed by atoms with E-state index in [0.29, 0.717) is 28.8 Å². The van der Waals surface area contributed by atoms with Gasteiger partial charge in [-0.05, 0) is 37.1 Å². The lowest BCUT2D eigenvalue weighted by molar-refractivity contribution is -0.124. The molecule has 1 unspecified atom stereocenters. The summed E-state index contributed by atoms with van der Waals surface area (Å²) in [6.45, 7) is 6.05. The topological polar surface area (TPSA) is 118 Å². The fourth-order valence-corrected chi connectivity index (χ4v) is 5.26. The van der Waals surface area contributed by atoms with Crippen molar-refractivity contribution in [2.75, 3.05) is 38.9 Å². The van der Waals surface area contributed by atoms with Crippen LogP contribution in [0.1, 0.15) is 59.9 Å². The number of para-hydroxylation sites is 1. The van der Waals surface area contributed by atoms with Crippen LogP contribution in [0.2, 0.25) is 5.02 Å². The van der Waals surface area contributed by atoms with Crippen molar-refractivity contribution in [3.63, 3.8) is 0 Å². The van der Waals surface area contributed by atoms with Gasteiger partial charge < -0.3 is 29.3 Å². The highest BCUT2D eigenvalue weighted by Crippen LogP contribution is 2.44. The molecule has 0 spiro atoms. The van der Waals surface area contributed by atoms with E-state index in [1.165, 1.54) is 11.3 Å². The summed E-state index contributed by atoms with van der Waals surface area (Å²) in [5, 5.41) is 21.2. The second kappa shape index (κ2) is 13.9. The number of hydrogen-bond donors (Lipinski definition) is 2. The van der Waals surface area contributed by atoms with Gasteiger partial charge in [-0.3, -0.25) is 4.79 Å². The van der Waals surface area contributed by atoms with Crippen LogP contribution in [0.4, 0.5) is 5.69 Å². The zero-order chi connectivity index (χ0) is 29.4. The molecule has 0 fully saturated rings. The van der Waals surface area contributed by atoms with Gasteiger partial charge >= 0.3 is 5.97 Å². The second-order valence-electron chi connectivity index (χ2n) is 9.96. The van der Waals surface area contributed by atoms with Crippen LogP contribution in [-0.2, 0) is 16.0 Å². The van der Waals surface area contributed by atoms with Crippen LogP contribution in [0.3, 0.4) is 0 Å². The number of carbonyl (C=O) groups excluding carboxylic acids is 1. The number of fused-ring (bicyclic) bond motifs is 1. The largest absolute Gasteiger partial charge is 0.493 e. The fourth-order valence-electron chi connectivity index (χ4n) is 4.20. The van der Waals surface area contributed by atoms with Crippen molar-refractivity contribution >= 4 is 40.5 Å². The number of aromatic carboxylic acids is 1. The summed E-state index contributed by atoms with van der Waals surface area (Å²) in [5.41, 5.74) is 1.89. The lowest BCUT2D eigenvalue weighted by atomic mass is 9.92. The zero-order valence-corrected chi connectivity index (χ0v) is 24.8. The zero-order valence-electron chi connectivity index (χ0n) is 23.3. The normalized spacial score (nSPS) is 15.0. The van der Waals surface area contributed by atoms with Gasteiger partial charge in [-0.25, -0.2) is 9.78 Å². The molecule has 2 aromatic carbocycles. The van der Waals surface area contributed by atoms with E-state index in [-0.39, 0.29) is 24.8 Å². The van der Waals surface area contributed by atoms with Crippen LogP contribution in [0.5, 0.6) is 11.5 Å². The number of anilines is 1. The molecule has 1 atom stereocenters. The van der Waals surface area contributed by atoms with Gasteiger partial charge in [0.15, 0.2) is 17.2 Å². The van der Waals surface area contributed by atoms with E-state index in [9.17, 15) is 14.7 Å². The van der Waals surface area contributed by atoms with Crippen LogP contribution in [0.25, 0.3) is 0 Å². The molecule has 9 nitrogen and oxygen atoms in total. The lowest BCUT2D eigenvalue weighted by Crippen LogP contribution is -2.41. The monoisotopic (exact) mass is 590 g/mol. The highest BCUT2D eigenvalue weighted by molar-refractivity contribution is 7.09. The summed E-state index contributed by atoms with van der Waals surface area (Å²) in [4.78, 5) is 28.9. The third kappa shape index (κ3) is 7.51. The standard InChI is InChI=1S/C22H26ClNO5.C7H9NO2S/c1-22(2,13-25)12-24-17-9-8-14(23)10-16(17)20(29-11-19(24)26)15-6-5-7-18(27-3)21(15)28-4;1-2-3-6-8-5(4-11-6)7(9)10/h5-10,20,25H,11-13H2,1-4H3;4H,2-3H2,1H3,(H,9,10). The molecule has 4 rings (SSSR count). The van der Waals surface area contributed by atoms with Crippen molar-refractivity contribution in [2.24, 2.45) is 5.41 Å². The Morgan fingerprint density at radius 2 is 1.98 bits per heavy atom. The first kappa shape index (κ1) is 31.3. The van der Waals surface area contributed by atoms with Crippen molar-refractivity contribution in [1.29, 1.82) is 0 Å². The second-order valence-corrected chi connectivity index (χ2v) is 11.3. The van der Waals surface area contributed by atoms with Gasteiger partial charge in [-0.15, -0.1) is 11.3 Å². The average molecular weight is 591 g/mol. The van der Waals surface area contributed by atoms with Crippen molar-refractivity contribution in [3.8, 4) is 11.5 Å². The Morgan fingerprint density at radius 3 is 2.58 bits per heavy atom. The minimum atomic E-state index is -0.941. The molecule has 0 bridgehead atoms. The number of aryl methyl sites for hydroxylation is 1. The molecular weight excluding hydrogens is 556 g/mol. The summed E-state index contributed by atoms with van der Waals surface area (Å²) in [6.07, 6.45) is 1.31. The highest BCUT2D eigenvalue weighted by atomic mass is 35.5.